The van der Waals surface area contributed by atoms with Crippen LogP contribution in [0.1, 0.15) is 39.6 Å². The van der Waals surface area contributed by atoms with E-state index in [1.54, 1.807) is 0 Å². The summed E-state index contributed by atoms with van der Waals surface area (Å²) in [6, 6.07) is 26.2. The average molecular weight is 370 g/mol. The summed E-state index contributed by atoms with van der Waals surface area (Å²) in [6.45, 7) is 0. The van der Waals surface area contributed by atoms with Gasteiger partial charge >= 0.3 is 5.97 Å². The standard InChI is InChI=1S/C24H22N2O2/c1-28-24(27)19-14-12-18(13-15-19)20(16-11-17-7-3-2-4-8-17)23-25-21-9-5-6-10-22(21)26-23/h2-10,12-15,20H,11,16H2,1H3,(H,25,26). The SMILES string of the molecule is COC(=O)c1ccc(C(CCc2ccccc2)c2nc3ccccc3[nH]2)cc1. The molecule has 4 nitrogen and oxygen atoms in total. The number of aromatic nitrogens is 2. The van der Waals surface area contributed by atoms with Crippen molar-refractivity contribution in [3.8, 4) is 0 Å². The summed E-state index contributed by atoms with van der Waals surface area (Å²) in [5, 5.41) is 0. The molecule has 1 aromatic heterocycles. The van der Waals surface area contributed by atoms with Crippen molar-refractivity contribution in [3.63, 3.8) is 0 Å². The number of esters is 1. The number of nitrogens with zero attached hydrogens (tertiary/aromatic N) is 1. The van der Waals surface area contributed by atoms with Crippen molar-refractivity contribution in [1.29, 1.82) is 0 Å². The van der Waals surface area contributed by atoms with Gasteiger partial charge in [-0.2, -0.15) is 0 Å². The van der Waals surface area contributed by atoms with E-state index in [9.17, 15) is 4.79 Å². The lowest BCUT2D eigenvalue weighted by Gasteiger charge is -2.16. The molecular formula is C24H22N2O2. The highest BCUT2D eigenvalue weighted by molar-refractivity contribution is 5.89. The first kappa shape index (κ1) is 18.0. The Bertz CT molecular complexity index is 1040. The Kier molecular flexibility index (Phi) is 5.20. The van der Waals surface area contributed by atoms with E-state index < -0.39 is 0 Å². The number of benzene rings is 3. The Morgan fingerprint density at radius 3 is 2.39 bits per heavy atom. The lowest BCUT2D eigenvalue weighted by atomic mass is 9.91. The van der Waals surface area contributed by atoms with E-state index in [-0.39, 0.29) is 11.9 Å². The quantitative estimate of drug-likeness (QED) is 0.480. The molecule has 28 heavy (non-hydrogen) atoms. The molecule has 0 saturated heterocycles. The van der Waals surface area contributed by atoms with E-state index in [4.69, 9.17) is 9.72 Å². The molecule has 3 aromatic carbocycles. The van der Waals surface area contributed by atoms with Crippen LogP contribution in [0, 0.1) is 0 Å². The Morgan fingerprint density at radius 1 is 0.964 bits per heavy atom. The predicted octanol–water partition coefficient (Wildman–Crippen LogP) is 5.11. The maximum Gasteiger partial charge on any atom is 0.337 e. The Labute approximate surface area is 164 Å². The summed E-state index contributed by atoms with van der Waals surface area (Å²) < 4.78 is 4.81. The number of carbonyl (C=O) groups excluding carboxylic acids is 1. The minimum Gasteiger partial charge on any atom is -0.465 e. The second-order valence-corrected chi connectivity index (χ2v) is 6.83. The van der Waals surface area contributed by atoms with E-state index in [0.29, 0.717) is 5.56 Å². The number of rotatable bonds is 6. The highest BCUT2D eigenvalue weighted by Crippen LogP contribution is 2.29. The van der Waals surface area contributed by atoms with Crippen LogP contribution in [-0.2, 0) is 11.2 Å². The lowest BCUT2D eigenvalue weighted by molar-refractivity contribution is 0.0600. The summed E-state index contributed by atoms with van der Waals surface area (Å²) >= 11 is 0. The molecule has 4 rings (SSSR count). The summed E-state index contributed by atoms with van der Waals surface area (Å²) in [7, 11) is 1.40. The van der Waals surface area contributed by atoms with Crippen LogP contribution in [0.3, 0.4) is 0 Å². The second-order valence-electron chi connectivity index (χ2n) is 6.83. The van der Waals surface area contributed by atoms with Gasteiger partial charge in [-0.3, -0.25) is 0 Å². The fraction of sp³-hybridized carbons (Fsp3) is 0.167. The minimum atomic E-state index is -0.323. The number of hydrogen-bond acceptors (Lipinski definition) is 3. The number of H-pyrrole nitrogens is 1. The van der Waals surface area contributed by atoms with Gasteiger partial charge in [0, 0.05) is 5.92 Å². The summed E-state index contributed by atoms with van der Waals surface area (Å²) in [4.78, 5) is 20.1. The molecule has 0 aliphatic heterocycles. The summed E-state index contributed by atoms with van der Waals surface area (Å²) in [5.74, 6) is 0.735. The highest BCUT2D eigenvalue weighted by Gasteiger charge is 2.19. The zero-order valence-corrected chi connectivity index (χ0v) is 15.8. The number of methoxy groups -OCH3 is 1. The first-order valence-electron chi connectivity index (χ1n) is 9.41. The van der Waals surface area contributed by atoms with Crippen molar-refractivity contribution in [2.45, 2.75) is 18.8 Å². The molecule has 140 valence electrons. The van der Waals surface area contributed by atoms with Gasteiger partial charge in [-0.1, -0.05) is 54.6 Å². The summed E-state index contributed by atoms with van der Waals surface area (Å²) in [6.07, 6.45) is 1.86. The zero-order chi connectivity index (χ0) is 19.3. The lowest BCUT2D eigenvalue weighted by Crippen LogP contribution is -2.07. The number of para-hydroxylation sites is 2. The van der Waals surface area contributed by atoms with Crippen LogP contribution < -0.4 is 0 Å². The molecule has 0 bridgehead atoms. The van der Waals surface area contributed by atoms with E-state index in [2.05, 4.69) is 29.2 Å². The Balaban J connectivity index is 1.67. The first-order valence-corrected chi connectivity index (χ1v) is 9.41. The number of fused-ring (bicyclic) bond motifs is 1. The molecule has 1 N–H and O–H groups in total. The number of hydrogen-bond donors (Lipinski definition) is 1. The van der Waals surface area contributed by atoms with Crippen LogP contribution in [0.2, 0.25) is 0 Å². The number of aryl methyl sites for hydroxylation is 1. The number of nitrogens with one attached hydrogen (secondary N) is 1. The third kappa shape index (κ3) is 3.81. The van der Waals surface area contributed by atoms with Gasteiger partial charge in [0.1, 0.15) is 5.82 Å². The number of ether oxygens (including phenoxy) is 1. The van der Waals surface area contributed by atoms with Crippen molar-refractivity contribution >= 4 is 17.0 Å². The zero-order valence-electron chi connectivity index (χ0n) is 15.8. The Hall–Kier alpha value is -3.40. The van der Waals surface area contributed by atoms with Gasteiger partial charge in [0.05, 0.1) is 23.7 Å². The average Bonchev–Trinajstić information content (AvgIpc) is 3.18. The van der Waals surface area contributed by atoms with E-state index in [1.807, 2.05) is 54.6 Å². The van der Waals surface area contributed by atoms with Gasteiger partial charge in [0.2, 0.25) is 0 Å². The Morgan fingerprint density at radius 2 is 1.68 bits per heavy atom. The topological polar surface area (TPSA) is 55.0 Å². The highest BCUT2D eigenvalue weighted by atomic mass is 16.5. The van der Waals surface area contributed by atoms with Crippen LogP contribution in [0.5, 0.6) is 0 Å². The maximum atomic E-state index is 11.8. The fourth-order valence-corrected chi connectivity index (χ4v) is 3.52. The van der Waals surface area contributed by atoms with Gasteiger partial charge in [-0.05, 0) is 48.2 Å². The van der Waals surface area contributed by atoms with Crippen LogP contribution in [0.15, 0.2) is 78.9 Å². The van der Waals surface area contributed by atoms with Crippen molar-refractivity contribution in [2.75, 3.05) is 7.11 Å². The predicted molar refractivity (Wildman–Crippen MR) is 110 cm³/mol. The van der Waals surface area contributed by atoms with Crippen molar-refractivity contribution in [3.05, 3.63) is 101 Å². The molecule has 1 unspecified atom stereocenters. The van der Waals surface area contributed by atoms with Crippen LogP contribution >= 0.6 is 0 Å². The van der Waals surface area contributed by atoms with Gasteiger partial charge in [-0.15, -0.1) is 0 Å². The molecule has 4 aromatic rings. The molecule has 0 spiro atoms. The van der Waals surface area contributed by atoms with Gasteiger partial charge in [0.25, 0.3) is 0 Å². The van der Waals surface area contributed by atoms with Gasteiger partial charge in [0.15, 0.2) is 0 Å². The molecule has 4 heteroatoms. The van der Waals surface area contributed by atoms with E-state index in [0.717, 1.165) is 35.3 Å². The van der Waals surface area contributed by atoms with Crippen molar-refractivity contribution in [2.24, 2.45) is 0 Å². The van der Waals surface area contributed by atoms with Crippen molar-refractivity contribution < 1.29 is 9.53 Å². The normalized spacial score (nSPS) is 12.0. The molecule has 0 radical (unpaired) electrons. The van der Waals surface area contributed by atoms with Gasteiger partial charge in [-0.25, -0.2) is 9.78 Å². The van der Waals surface area contributed by atoms with Gasteiger partial charge < -0.3 is 9.72 Å². The van der Waals surface area contributed by atoms with Crippen molar-refractivity contribution in [1.82, 2.24) is 9.97 Å². The third-order valence-corrected chi connectivity index (χ3v) is 5.04. The molecule has 1 heterocycles. The van der Waals surface area contributed by atoms with Crippen LogP contribution in [-0.4, -0.2) is 23.0 Å². The monoisotopic (exact) mass is 370 g/mol. The number of imidazole rings is 1. The van der Waals surface area contributed by atoms with Crippen LogP contribution in [0.4, 0.5) is 0 Å². The maximum absolute atomic E-state index is 11.8. The molecule has 0 aliphatic carbocycles. The van der Waals surface area contributed by atoms with E-state index in [1.165, 1.54) is 12.7 Å². The molecule has 0 saturated carbocycles. The second kappa shape index (κ2) is 8.09. The molecular weight excluding hydrogens is 348 g/mol. The minimum absolute atomic E-state index is 0.110. The van der Waals surface area contributed by atoms with E-state index >= 15 is 0 Å². The fourth-order valence-electron chi connectivity index (χ4n) is 3.52. The number of carbonyl (C=O) groups is 1. The van der Waals surface area contributed by atoms with Crippen LogP contribution in [0.25, 0.3) is 11.0 Å². The molecule has 0 aliphatic rings. The number of aromatic amines is 1. The molecule has 1 atom stereocenters. The molecule has 0 fully saturated rings. The third-order valence-electron chi connectivity index (χ3n) is 5.04. The first-order chi connectivity index (χ1) is 13.7. The summed E-state index contributed by atoms with van der Waals surface area (Å²) in [5.41, 5.74) is 4.98. The largest absolute Gasteiger partial charge is 0.465 e. The smallest absolute Gasteiger partial charge is 0.337 e. The molecule has 0 amide bonds.